The highest BCUT2D eigenvalue weighted by Crippen LogP contribution is 2.47. The molecule has 284 valence electrons. The van der Waals surface area contributed by atoms with Crippen molar-refractivity contribution in [1.29, 1.82) is 0 Å². The van der Waals surface area contributed by atoms with Crippen molar-refractivity contribution < 1.29 is 36.7 Å². The van der Waals surface area contributed by atoms with E-state index in [0.717, 1.165) is 11.1 Å². The van der Waals surface area contributed by atoms with Gasteiger partial charge in [0.1, 0.15) is 23.5 Å². The van der Waals surface area contributed by atoms with E-state index in [2.05, 4.69) is 14.9 Å². The van der Waals surface area contributed by atoms with Crippen molar-refractivity contribution in [3.05, 3.63) is 82.0 Å². The smallest absolute Gasteiger partial charge is 0.410 e. The number of fused-ring (bicyclic) bond motifs is 1. The number of nitrogens with one attached hydrogen (secondary N) is 2. The lowest BCUT2D eigenvalue weighted by atomic mass is 9.85. The third-order valence-electron chi connectivity index (χ3n) is 11.3. The quantitative estimate of drug-likeness (QED) is 0.296. The van der Waals surface area contributed by atoms with Crippen LogP contribution in [0.15, 0.2) is 42.5 Å². The Labute approximate surface area is 310 Å². The Bertz CT molecular complexity index is 1960. The second kappa shape index (κ2) is 14.4. The second-order valence-corrected chi connectivity index (χ2v) is 17.8. The Kier molecular flexibility index (Phi) is 10.4. The first-order valence-corrected chi connectivity index (χ1v) is 19.9. The SMILES string of the molecule is [C-]#[N+]C(C)(C)c1cccc(C[C@H](C(=O)N2C[C@H](OC(=O)N3Cc4cccc(F)c4C3)C[C@H]2C(=O)N[C@]2(C(=O)NS(=O)(=O)C3CC3)C[C@H]2CC)C(C)C)c1. The van der Waals surface area contributed by atoms with Crippen molar-refractivity contribution in [2.75, 3.05) is 6.54 Å². The van der Waals surface area contributed by atoms with Gasteiger partial charge < -0.3 is 19.8 Å². The summed E-state index contributed by atoms with van der Waals surface area (Å²) in [6.45, 7) is 17.1. The monoisotopic (exact) mass is 749 g/mol. The topological polar surface area (TPSA) is 147 Å². The van der Waals surface area contributed by atoms with Gasteiger partial charge in [-0.25, -0.2) is 24.2 Å². The highest BCUT2D eigenvalue weighted by molar-refractivity contribution is 7.91. The first-order chi connectivity index (χ1) is 25.0. The lowest BCUT2D eigenvalue weighted by molar-refractivity contribution is -0.143. The maximum atomic E-state index is 14.6. The van der Waals surface area contributed by atoms with Crippen LogP contribution in [0.2, 0.25) is 0 Å². The highest BCUT2D eigenvalue weighted by atomic mass is 32.2. The van der Waals surface area contributed by atoms with Gasteiger partial charge in [-0.2, -0.15) is 0 Å². The molecule has 0 aromatic heterocycles. The summed E-state index contributed by atoms with van der Waals surface area (Å²) in [6, 6.07) is 11.1. The Balaban J connectivity index is 1.24. The summed E-state index contributed by atoms with van der Waals surface area (Å²) in [5.74, 6) is -3.22. The van der Waals surface area contributed by atoms with Gasteiger partial charge in [0.2, 0.25) is 21.8 Å². The molecule has 2 aliphatic carbocycles. The molecule has 2 aromatic carbocycles. The Morgan fingerprint density at radius 3 is 2.45 bits per heavy atom. The lowest BCUT2D eigenvalue weighted by Gasteiger charge is -2.31. The van der Waals surface area contributed by atoms with E-state index in [1.807, 2.05) is 58.9 Å². The predicted molar refractivity (Wildman–Crippen MR) is 193 cm³/mol. The molecule has 2 aliphatic heterocycles. The van der Waals surface area contributed by atoms with Crippen LogP contribution < -0.4 is 10.0 Å². The molecule has 5 atom stereocenters. The summed E-state index contributed by atoms with van der Waals surface area (Å²) in [5, 5.41) is 2.21. The third kappa shape index (κ3) is 7.77. The van der Waals surface area contributed by atoms with E-state index in [0.29, 0.717) is 36.8 Å². The molecular formula is C39H48FN5O7S. The summed E-state index contributed by atoms with van der Waals surface area (Å²) in [6.07, 6.45) is 0.397. The molecule has 2 saturated carbocycles. The normalized spacial score (nSPS) is 24.3. The summed E-state index contributed by atoms with van der Waals surface area (Å²) in [5.41, 5.74) is 0.549. The number of nitrogens with zero attached hydrogens (tertiary/aromatic N) is 3. The summed E-state index contributed by atoms with van der Waals surface area (Å²) >= 11 is 0. The van der Waals surface area contributed by atoms with Crippen LogP contribution in [-0.2, 0) is 54.2 Å². The van der Waals surface area contributed by atoms with Crippen molar-refractivity contribution in [3.8, 4) is 0 Å². The van der Waals surface area contributed by atoms with E-state index in [9.17, 15) is 32.0 Å². The molecular weight excluding hydrogens is 702 g/mol. The molecule has 12 nitrogen and oxygen atoms in total. The molecule has 14 heteroatoms. The minimum Gasteiger partial charge on any atom is -0.444 e. The first-order valence-electron chi connectivity index (χ1n) is 18.4. The number of halogens is 1. The fourth-order valence-corrected chi connectivity index (χ4v) is 8.98. The van der Waals surface area contributed by atoms with Crippen LogP contribution in [0.4, 0.5) is 9.18 Å². The Morgan fingerprint density at radius 1 is 1.11 bits per heavy atom. The number of ether oxygens (including phenoxy) is 1. The van der Waals surface area contributed by atoms with Crippen LogP contribution in [-0.4, -0.2) is 71.5 Å². The average Bonchev–Trinajstić information content (AvgIpc) is 4.01. The molecule has 0 unspecified atom stereocenters. The summed E-state index contributed by atoms with van der Waals surface area (Å²) < 4.78 is 47.9. The standard InChI is InChI=1S/C39H48FN5O7S/c1-7-26-19-39(26,36(48)43-53(50,51)29-14-15-29)42-34(46)33-18-28(52-37(49)44-20-25-11-9-13-32(40)31(25)22-44)21-45(33)35(47)30(23(2)3)17-24-10-8-12-27(16-24)38(4,5)41-6/h8-13,16,23,26,28-30,33H,7,14-15,17-22H2,1-5H3,(H,42,46)(H,43,48)/t26-,28-,30+,33+,39-/m1/s1. The zero-order valence-electron chi connectivity index (χ0n) is 30.9. The molecule has 0 spiro atoms. The number of carbonyl (C=O) groups is 4. The van der Waals surface area contributed by atoms with Crippen molar-refractivity contribution in [2.24, 2.45) is 17.8 Å². The zero-order valence-corrected chi connectivity index (χ0v) is 31.7. The fraction of sp³-hybridized carbons (Fsp3) is 0.564. The van der Waals surface area contributed by atoms with E-state index in [1.165, 1.54) is 15.9 Å². The molecule has 2 aromatic rings. The number of benzene rings is 2. The second-order valence-electron chi connectivity index (χ2n) is 15.9. The van der Waals surface area contributed by atoms with Gasteiger partial charge in [0.25, 0.3) is 11.4 Å². The zero-order chi connectivity index (χ0) is 38.5. The number of likely N-dealkylation sites (tertiary alicyclic amines) is 1. The number of hydrogen-bond donors (Lipinski definition) is 2. The van der Waals surface area contributed by atoms with Crippen molar-refractivity contribution in [1.82, 2.24) is 19.8 Å². The van der Waals surface area contributed by atoms with Crippen molar-refractivity contribution >= 4 is 33.8 Å². The third-order valence-corrected chi connectivity index (χ3v) is 13.2. The first kappa shape index (κ1) is 38.2. The van der Waals surface area contributed by atoms with E-state index >= 15 is 0 Å². The minimum absolute atomic E-state index is 0.0265. The Morgan fingerprint density at radius 2 is 1.83 bits per heavy atom. The highest BCUT2D eigenvalue weighted by Gasteiger charge is 2.62. The van der Waals surface area contributed by atoms with Gasteiger partial charge in [0.15, 0.2) is 0 Å². The van der Waals surface area contributed by atoms with Crippen molar-refractivity contribution in [3.63, 3.8) is 0 Å². The van der Waals surface area contributed by atoms with Gasteiger partial charge in [-0.3, -0.25) is 24.0 Å². The largest absolute Gasteiger partial charge is 0.444 e. The molecule has 0 bridgehead atoms. The van der Waals surface area contributed by atoms with E-state index in [1.54, 1.807) is 12.1 Å². The molecule has 4 amide bonds. The number of rotatable bonds is 12. The molecule has 53 heavy (non-hydrogen) atoms. The number of amides is 4. The van der Waals surface area contributed by atoms with Crippen LogP contribution in [0.5, 0.6) is 0 Å². The van der Waals surface area contributed by atoms with Gasteiger partial charge in [0.05, 0.1) is 18.3 Å². The molecule has 1 saturated heterocycles. The van der Waals surface area contributed by atoms with Gasteiger partial charge >= 0.3 is 6.09 Å². The van der Waals surface area contributed by atoms with Gasteiger partial charge in [-0.05, 0) is 60.8 Å². The molecule has 0 radical (unpaired) electrons. The van der Waals surface area contributed by atoms with Crippen LogP contribution >= 0.6 is 0 Å². The summed E-state index contributed by atoms with van der Waals surface area (Å²) in [4.78, 5) is 62.3. The van der Waals surface area contributed by atoms with Crippen LogP contribution in [0.25, 0.3) is 4.85 Å². The number of sulfonamides is 1. The lowest BCUT2D eigenvalue weighted by Crippen LogP contribution is -2.57. The maximum Gasteiger partial charge on any atom is 0.410 e. The van der Waals surface area contributed by atoms with Crippen LogP contribution in [0, 0.1) is 30.1 Å². The molecule has 3 fully saturated rings. The molecule has 2 heterocycles. The van der Waals surface area contributed by atoms with Gasteiger partial charge in [0, 0.05) is 43.9 Å². The van der Waals surface area contributed by atoms with Crippen LogP contribution in [0.1, 0.15) is 89.0 Å². The van der Waals surface area contributed by atoms with E-state index < -0.39 is 68.1 Å². The molecule has 6 rings (SSSR count). The predicted octanol–water partition coefficient (Wildman–Crippen LogP) is 4.81. The number of carbonyl (C=O) groups excluding carboxylic acids is 4. The fourth-order valence-electron chi connectivity index (χ4n) is 7.62. The maximum absolute atomic E-state index is 14.6. The molecule has 4 aliphatic rings. The summed E-state index contributed by atoms with van der Waals surface area (Å²) in [7, 11) is -3.88. The van der Waals surface area contributed by atoms with Crippen LogP contribution in [0.3, 0.4) is 0 Å². The van der Waals surface area contributed by atoms with Gasteiger partial charge in [-0.1, -0.05) is 57.5 Å². The average molecular weight is 750 g/mol. The van der Waals surface area contributed by atoms with Crippen molar-refractivity contribution in [2.45, 2.75) is 115 Å². The van der Waals surface area contributed by atoms with Gasteiger partial charge in [-0.15, -0.1) is 0 Å². The Hall–Kier alpha value is -4.51. The van der Waals surface area contributed by atoms with E-state index in [4.69, 9.17) is 11.3 Å². The minimum atomic E-state index is -3.88. The number of hydrogen-bond acceptors (Lipinski definition) is 7. The molecule has 2 N–H and O–H groups in total. The van der Waals surface area contributed by atoms with E-state index in [-0.39, 0.29) is 50.2 Å².